The van der Waals surface area contributed by atoms with Crippen molar-refractivity contribution in [3.8, 4) is 5.75 Å². The molecule has 1 aromatic heterocycles. The van der Waals surface area contributed by atoms with Crippen molar-refractivity contribution in [1.82, 2.24) is 0 Å². The fourth-order valence-electron chi connectivity index (χ4n) is 2.81. The molecule has 5 heteroatoms. The number of hydrogen-bond donors (Lipinski definition) is 0. The Morgan fingerprint density at radius 2 is 1.81 bits per heavy atom. The molecule has 27 heavy (non-hydrogen) atoms. The molecule has 0 unspecified atom stereocenters. The predicted molar refractivity (Wildman–Crippen MR) is 102 cm³/mol. The number of hydrogen-bond acceptors (Lipinski definition) is 3. The number of carbonyl (C=O) groups is 1. The van der Waals surface area contributed by atoms with Crippen molar-refractivity contribution in [2.45, 2.75) is 6.61 Å². The quantitative estimate of drug-likeness (QED) is 0.396. The molecule has 0 aliphatic rings. The molecule has 3 nitrogen and oxygen atoms in total. The van der Waals surface area contributed by atoms with Gasteiger partial charge in [0.1, 0.15) is 30.0 Å². The lowest BCUT2D eigenvalue weighted by Crippen LogP contribution is -2.00. The van der Waals surface area contributed by atoms with Crippen LogP contribution in [-0.2, 0) is 6.61 Å². The van der Waals surface area contributed by atoms with Gasteiger partial charge in [0.05, 0.1) is 5.56 Å². The SMILES string of the molecule is O=C(c1ccc(F)cc1)c1coc2ccc(OCc3ccccc3Cl)cc12. The Balaban J connectivity index is 1.62. The van der Waals surface area contributed by atoms with Crippen molar-refractivity contribution < 1.29 is 18.3 Å². The van der Waals surface area contributed by atoms with Crippen LogP contribution in [0.2, 0.25) is 5.02 Å². The number of furan rings is 1. The van der Waals surface area contributed by atoms with E-state index in [2.05, 4.69) is 0 Å². The second-order valence-corrected chi connectivity index (χ2v) is 6.43. The standard InChI is InChI=1S/C22H14ClFO3/c23-20-4-2-1-3-15(20)12-26-17-9-10-21-18(11-17)19(13-27-21)22(25)14-5-7-16(24)8-6-14/h1-11,13H,12H2. The highest BCUT2D eigenvalue weighted by Crippen LogP contribution is 2.28. The molecule has 0 atom stereocenters. The van der Waals surface area contributed by atoms with Gasteiger partial charge in [-0.05, 0) is 48.5 Å². The molecule has 0 saturated carbocycles. The Kier molecular flexibility index (Phi) is 4.65. The third-order valence-corrected chi connectivity index (χ3v) is 4.62. The first-order chi connectivity index (χ1) is 13.1. The molecule has 0 radical (unpaired) electrons. The van der Waals surface area contributed by atoms with Gasteiger partial charge in [-0.3, -0.25) is 4.79 Å². The van der Waals surface area contributed by atoms with Crippen LogP contribution >= 0.6 is 11.6 Å². The van der Waals surface area contributed by atoms with Crippen LogP contribution in [0.15, 0.2) is 77.4 Å². The lowest BCUT2D eigenvalue weighted by Gasteiger charge is -2.08. The van der Waals surface area contributed by atoms with Gasteiger partial charge in [0.15, 0.2) is 5.78 Å². The van der Waals surface area contributed by atoms with Gasteiger partial charge in [0.2, 0.25) is 0 Å². The molecule has 4 aromatic rings. The third-order valence-electron chi connectivity index (χ3n) is 4.25. The van der Waals surface area contributed by atoms with Crippen molar-refractivity contribution in [2.75, 3.05) is 0 Å². The van der Waals surface area contributed by atoms with E-state index < -0.39 is 0 Å². The zero-order chi connectivity index (χ0) is 18.8. The second kappa shape index (κ2) is 7.25. The Morgan fingerprint density at radius 1 is 1.04 bits per heavy atom. The molecule has 0 amide bonds. The van der Waals surface area contributed by atoms with Crippen molar-refractivity contribution in [1.29, 1.82) is 0 Å². The molecule has 134 valence electrons. The summed E-state index contributed by atoms with van der Waals surface area (Å²) in [6.07, 6.45) is 1.41. The highest BCUT2D eigenvalue weighted by Gasteiger charge is 2.16. The summed E-state index contributed by atoms with van der Waals surface area (Å²) in [6, 6.07) is 18.1. The highest BCUT2D eigenvalue weighted by atomic mass is 35.5. The topological polar surface area (TPSA) is 39.4 Å². The Morgan fingerprint density at radius 3 is 2.59 bits per heavy atom. The zero-order valence-corrected chi connectivity index (χ0v) is 14.9. The summed E-state index contributed by atoms with van der Waals surface area (Å²) in [6.45, 7) is 0.310. The molecule has 1 heterocycles. The molecular formula is C22H14ClFO3. The Hall–Kier alpha value is -3.11. The van der Waals surface area contributed by atoms with E-state index in [1.54, 1.807) is 24.3 Å². The minimum Gasteiger partial charge on any atom is -0.489 e. The molecule has 0 aliphatic carbocycles. The molecule has 4 rings (SSSR count). The molecule has 3 aromatic carbocycles. The van der Waals surface area contributed by atoms with Crippen LogP contribution in [-0.4, -0.2) is 5.78 Å². The van der Waals surface area contributed by atoms with Crippen molar-refractivity contribution >= 4 is 28.4 Å². The Bertz CT molecular complexity index is 1120. The first-order valence-corrected chi connectivity index (χ1v) is 8.67. The van der Waals surface area contributed by atoms with Crippen LogP contribution in [0.25, 0.3) is 11.0 Å². The van der Waals surface area contributed by atoms with Crippen LogP contribution in [0.5, 0.6) is 5.75 Å². The van der Waals surface area contributed by atoms with Gasteiger partial charge in [-0.1, -0.05) is 29.8 Å². The molecule has 0 N–H and O–H groups in total. The first kappa shape index (κ1) is 17.3. The van der Waals surface area contributed by atoms with Gasteiger partial charge < -0.3 is 9.15 Å². The fraction of sp³-hybridized carbons (Fsp3) is 0.0455. The van der Waals surface area contributed by atoms with Crippen LogP contribution in [0.1, 0.15) is 21.5 Å². The van der Waals surface area contributed by atoms with E-state index in [0.717, 1.165) is 5.56 Å². The number of carbonyl (C=O) groups excluding carboxylic acids is 1. The normalized spacial score (nSPS) is 10.9. The van der Waals surface area contributed by atoms with E-state index in [1.165, 1.54) is 30.5 Å². The molecule has 0 bridgehead atoms. The van der Waals surface area contributed by atoms with Gasteiger partial charge >= 0.3 is 0 Å². The third kappa shape index (κ3) is 3.57. The van der Waals surface area contributed by atoms with Gasteiger partial charge in [-0.25, -0.2) is 4.39 Å². The van der Waals surface area contributed by atoms with E-state index in [9.17, 15) is 9.18 Å². The van der Waals surface area contributed by atoms with E-state index >= 15 is 0 Å². The largest absolute Gasteiger partial charge is 0.489 e. The van der Waals surface area contributed by atoms with E-state index in [-0.39, 0.29) is 11.6 Å². The number of benzene rings is 3. The van der Waals surface area contributed by atoms with Crippen molar-refractivity contribution in [3.05, 3.63) is 101 Å². The summed E-state index contributed by atoms with van der Waals surface area (Å²) in [4.78, 5) is 12.7. The number of rotatable bonds is 5. The summed E-state index contributed by atoms with van der Waals surface area (Å²) >= 11 is 6.15. The van der Waals surface area contributed by atoms with E-state index in [1.807, 2.05) is 18.2 Å². The highest BCUT2D eigenvalue weighted by molar-refractivity contribution is 6.31. The zero-order valence-electron chi connectivity index (χ0n) is 14.1. The molecule has 0 fully saturated rings. The van der Waals surface area contributed by atoms with E-state index in [4.69, 9.17) is 20.8 Å². The summed E-state index contributed by atoms with van der Waals surface area (Å²) in [5.74, 6) is -0.0344. The summed E-state index contributed by atoms with van der Waals surface area (Å²) in [5, 5.41) is 1.27. The lowest BCUT2D eigenvalue weighted by atomic mass is 10.0. The maximum atomic E-state index is 13.1. The number of ether oxygens (including phenoxy) is 1. The van der Waals surface area contributed by atoms with Crippen molar-refractivity contribution in [2.24, 2.45) is 0 Å². The van der Waals surface area contributed by atoms with Gasteiger partial charge in [-0.2, -0.15) is 0 Å². The van der Waals surface area contributed by atoms with Gasteiger partial charge in [0.25, 0.3) is 0 Å². The number of fused-ring (bicyclic) bond motifs is 1. The van der Waals surface area contributed by atoms with Crippen LogP contribution in [0.4, 0.5) is 4.39 Å². The second-order valence-electron chi connectivity index (χ2n) is 6.02. The number of ketones is 1. The maximum absolute atomic E-state index is 13.1. The molecule has 0 aliphatic heterocycles. The summed E-state index contributed by atoms with van der Waals surface area (Å²) < 4.78 is 24.4. The van der Waals surface area contributed by atoms with Crippen LogP contribution in [0.3, 0.4) is 0 Å². The number of halogens is 2. The summed E-state index contributed by atoms with van der Waals surface area (Å²) in [5.41, 5.74) is 2.24. The average molecular weight is 381 g/mol. The van der Waals surface area contributed by atoms with E-state index in [0.29, 0.717) is 39.5 Å². The predicted octanol–water partition coefficient (Wildman–Crippen LogP) is 6.04. The molecule has 0 spiro atoms. The van der Waals surface area contributed by atoms with Crippen LogP contribution in [0, 0.1) is 5.82 Å². The Labute approximate surface area is 159 Å². The maximum Gasteiger partial charge on any atom is 0.196 e. The first-order valence-electron chi connectivity index (χ1n) is 8.29. The monoisotopic (exact) mass is 380 g/mol. The minimum absolute atomic E-state index is 0.239. The van der Waals surface area contributed by atoms with Crippen molar-refractivity contribution in [3.63, 3.8) is 0 Å². The molecular weight excluding hydrogens is 367 g/mol. The summed E-state index contributed by atoms with van der Waals surface area (Å²) in [7, 11) is 0. The lowest BCUT2D eigenvalue weighted by molar-refractivity contribution is 0.103. The average Bonchev–Trinajstić information content (AvgIpc) is 3.10. The fourth-order valence-corrected chi connectivity index (χ4v) is 3.00. The van der Waals surface area contributed by atoms with Gasteiger partial charge in [-0.15, -0.1) is 0 Å². The van der Waals surface area contributed by atoms with Crippen LogP contribution < -0.4 is 4.74 Å². The van der Waals surface area contributed by atoms with Gasteiger partial charge in [0, 0.05) is 21.5 Å². The smallest absolute Gasteiger partial charge is 0.196 e. The molecule has 0 saturated heterocycles. The minimum atomic E-state index is -0.390.